The molecule has 0 heterocycles. The van der Waals surface area contributed by atoms with Crippen molar-refractivity contribution in [1.29, 1.82) is 0 Å². The van der Waals surface area contributed by atoms with E-state index in [9.17, 15) is 8.42 Å². The van der Waals surface area contributed by atoms with Gasteiger partial charge in [-0.05, 0) is 35.0 Å². The van der Waals surface area contributed by atoms with Gasteiger partial charge >= 0.3 is 0 Å². The summed E-state index contributed by atoms with van der Waals surface area (Å²) in [5, 5.41) is 0.190. The van der Waals surface area contributed by atoms with E-state index in [0.717, 1.165) is 0 Å². The van der Waals surface area contributed by atoms with Crippen molar-refractivity contribution in [1.82, 2.24) is 4.31 Å². The molecule has 0 fully saturated rings. The standard InChI is InChI=1S/C10H14BrClN2O2S/c1-7(6-13)14(2)17(15,16)10-8(11)4-3-5-9(10)12/h3-5,7H,6,13H2,1-2H3. The first-order valence-electron chi connectivity index (χ1n) is 4.94. The van der Waals surface area contributed by atoms with E-state index in [1.807, 2.05) is 0 Å². The van der Waals surface area contributed by atoms with Crippen LogP contribution >= 0.6 is 27.5 Å². The van der Waals surface area contributed by atoms with Gasteiger partial charge in [-0.1, -0.05) is 17.7 Å². The van der Waals surface area contributed by atoms with Crippen LogP contribution in [-0.4, -0.2) is 32.4 Å². The zero-order valence-corrected chi connectivity index (χ0v) is 12.7. The third-order valence-corrected chi connectivity index (χ3v) is 5.94. The van der Waals surface area contributed by atoms with Gasteiger partial charge in [-0.25, -0.2) is 8.42 Å². The van der Waals surface area contributed by atoms with Crippen LogP contribution in [0.5, 0.6) is 0 Å². The maximum Gasteiger partial charge on any atom is 0.245 e. The molecule has 0 radical (unpaired) electrons. The Kier molecular flexibility index (Phi) is 4.97. The smallest absolute Gasteiger partial charge is 0.245 e. The van der Waals surface area contributed by atoms with Crippen LogP contribution in [0.25, 0.3) is 0 Å². The van der Waals surface area contributed by atoms with Crippen LogP contribution in [0.2, 0.25) is 5.02 Å². The number of nitrogens with two attached hydrogens (primary N) is 1. The van der Waals surface area contributed by atoms with Crippen molar-refractivity contribution < 1.29 is 8.42 Å². The molecule has 0 aliphatic rings. The van der Waals surface area contributed by atoms with Gasteiger partial charge in [0.15, 0.2) is 0 Å². The number of sulfonamides is 1. The Morgan fingerprint density at radius 2 is 2.12 bits per heavy atom. The van der Waals surface area contributed by atoms with Gasteiger partial charge in [-0.3, -0.25) is 0 Å². The number of likely N-dealkylation sites (N-methyl/N-ethyl adjacent to an activating group) is 1. The van der Waals surface area contributed by atoms with Gasteiger partial charge in [0.2, 0.25) is 10.0 Å². The van der Waals surface area contributed by atoms with Crippen LogP contribution in [-0.2, 0) is 10.0 Å². The van der Waals surface area contributed by atoms with Crippen LogP contribution in [0.1, 0.15) is 6.92 Å². The van der Waals surface area contributed by atoms with Crippen molar-refractivity contribution in [2.75, 3.05) is 13.6 Å². The predicted molar refractivity (Wildman–Crippen MR) is 72.6 cm³/mol. The van der Waals surface area contributed by atoms with E-state index in [0.29, 0.717) is 4.47 Å². The van der Waals surface area contributed by atoms with E-state index in [4.69, 9.17) is 17.3 Å². The van der Waals surface area contributed by atoms with Gasteiger partial charge in [-0.2, -0.15) is 4.31 Å². The van der Waals surface area contributed by atoms with Crippen molar-refractivity contribution in [3.8, 4) is 0 Å². The Labute approximate surface area is 115 Å². The summed E-state index contributed by atoms with van der Waals surface area (Å²) < 4.78 is 26.3. The van der Waals surface area contributed by atoms with Gasteiger partial charge in [0, 0.05) is 24.1 Å². The Bertz CT molecular complexity index is 487. The average Bonchev–Trinajstić information content (AvgIpc) is 2.26. The summed E-state index contributed by atoms with van der Waals surface area (Å²) in [6, 6.07) is 4.57. The monoisotopic (exact) mass is 340 g/mol. The fraction of sp³-hybridized carbons (Fsp3) is 0.400. The molecular formula is C10H14BrClN2O2S. The van der Waals surface area contributed by atoms with Crippen molar-refractivity contribution in [2.45, 2.75) is 17.9 Å². The molecule has 1 atom stereocenters. The zero-order chi connectivity index (χ0) is 13.2. The number of hydrogen-bond donors (Lipinski definition) is 1. The highest BCUT2D eigenvalue weighted by Crippen LogP contribution is 2.31. The molecule has 0 aliphatic heterocycles. The third kappa shape index (κ3) is 3.00. The van der Waals surface area contributed by atoms with Crippen molar-refractivity contribution in [3.05, 3.63) is 27.7 Å². The summed E-state index contributed by atoms with van der Waals surface area (Å²) in [5.74, 6) is 0. The molecule has 96 valence electrons. The largest absolute Gasteiger partial charge is 0.329 e. The molecule has 0 saturated carbocycles. The third-order valence-electron chi connectivity index (χ3n) is 2.52. The highest BCUT2D eigenvalue weighted by atomic mass is 79.9. The summed E-state index contributed by atoms with van der Waals surface area (Å²) in [4.78, 5) is 0.0736. The molecule has 0 aliphatic carbocycles. The molecule has 1 rings (SSSR count). The summed E-state index contributed by atoms with van der Waals surface area (Å²) in [5.41, 5.74) is 5.47. The normalized spacial score (nSPS) is 14.0. The van der Waals surface area contributed by atoms with Crippen LogP contribution in [0.15, 0.2) is 27.6 Å². The fourth-order valence-electron chi connectivity index (χ4n) is 1.26. The fourth-order valence-corrected chi connectivity index (χ4v) is 4.30. The number of nitrogens with zero attached hydrogens (tertiary/aromatic N) is 1. The highest BCUT2D eigenvalue weighted by molar-refractivity contribution is 9.10. The summed E-state index contributed by atoms with van der Waals surface area (Å²) in [7, 11) is -2.15. The molecule has 0 saturated heterocycles. The van der Waals surface area contributed by atoms with Crippen LogP contribution in [0.4, 0.5) is 0 Å². The second-order valence-electron chi connectivity index (χ2n) is 3.66. The lowest BCUT2D eigenvalue weighted by molar-refractivity contribution is 0.394. The topological polar surface area (TPSA) is 63.4 Å². The molecule has 1 unspecified atom stereocenters. The highest BCUT2D eigenvalue weighted by Gasteiger charge is 2.28. The van der Waals surface area contributed by atoms with E-state index >= 15 is 0 Å². The molecule has 1 aromatic rings. The first kappa shape index (κ1) is 14.9. The zero-order valence-electron chi connectivity index (χ0n) is 9.52. The van der Waals surface area contributed by atoms with Gasteiger partial charge in [0.05, 0.1) is 5.02 Å². The summed E-state index contributed by atoms with van der Waals surface area (Å²) >= 11 is 9.14. The van der Waals surface area contributed by atoms with Crippen molar-refractivity contribution in [3.63, 3.8) is 0 Å². The molecule has 0 bridgehead atoms. The molecular weight excluding hydrogens is 328 g/mol. The number of rotatable bonds is 4. The maximum atomic E-state index is 12.3. The van der Waals surface area contributed by atoms with Gasteiger partial charge in [0.25, 0.3) is 0 Å². The van der Waals surface area contributed by atoms with Crippen LogP contribution in [0.3, 0.4) is 0 Å². The predicted octanol–water partition coefficient (Wildman–Crippen LogP) is 2.07. The van der Waals surface area contributed by atoms with Crippen molar-refractivity contribution >= 4 is 37.6 Å². The number of benzene rings is 1. The maximum absolute atomic E-state index is 12.3. The van der Waals surface area contributed by atoms with Crippen LogP contribution < -0.4 is 5.73 Å². The minimum absolute atomic E-state index is 0.0736. The van der Waals surface area contributed by atoms with Crippen molar-refractivity contribution in [2.24, 2.45) is 5.73 Å². The number of halogens is 2. The van der Waals surface area contributed by atoms with Gasteiger partial charge in [-0.15, -0.1) is 0 Å². The molecule has 1 aromatic carbocycles. The minimum Gasteiger partial charge on any atom is -0.329 e. The summed E-state index contributed by atoms with van der Waals surface area (Å²) in [6.45, 7) is 1.99. The van der Waals surface area contributed by atoms with Crippen LogP contribution in [0, 0.1) is 0 Å². The quantitative estimate of drug-likeness (QED) is 0.912. The lowest BCUT2D eigenvalue weighted by Gasteiger charge is -2.24. The minimum atomic E-state index is -3.64. The Hall–Kier alpha value is -0.140. The summed E-state index contributed by atoms with van der Waals surface area (Å²) in [6.07, 6.45) is 0. The number of hydrogen-bond acceptors (Lipinski definition) is 3. The Morgan fingerprint density at radius 1 is 1.53 bits per heavy atom. The first-order chi connectivity index (χ1) is 7.82. The Morgan fingerprint density at radius 3 is 2.59 bits per heavy atom. The molecule has 2 N–H and O–H groups in total. The SMILES string of the molecule is CC(CN)N(C)S(=O)(=O)c1c(Cl)cccc1Br. The second kappa shape index (κ2) is 5.67. The molecule has 17 heavy (non-hydrogen) atoms. The molecule has 0 aromatic heterocycles. The molecule has 0 amide bonds. The van der Waals surface area contributed by atoms with E-state index in [2.05, 4.69) is 15.9 Å². The average molecular weight is 342 g/mol. The lowest BCUT2D eigenvalue weighted by atomic mass is 10.4. The van der Waals surface area contributed by atoms with E-state index in [-0.39, 0.29) is 22.5 Å². The Balaban J connectivity index is 3.32. The molecule has 4 nitrogen and oxygen atoms in total. The van der Waals surface area contributed by atoms with E-state index in [1.54, 1.807) is 25.1 Å². The van der Waals surface area contributed by atoms with E-state index < -0.39 is 10.0 Å². The second-order valence-corrected chi connectivity index (χ2v) is 6.85. The van der Waals surface area contributed by atoms with E-state index in [1.165, 1.54) is 11.4 Å². The molecule has 0 spiro atoms. The lowest BCUT2D eigenvalue weighted by Crippen LogP contribution is -2.39. The van der Waals surface area contributed by atoms with Gasteiger partial charge < -0.3 is 5.73 Å². The molecule has 7 heteroatoms. The first-order valence-corrected chi connectivity index (χ1v) is 7.55. The van der Waals surface area contributed by atoms with Gasteiger partial charge in [0.1, 0.15) is 4.90 Å².